The lowest BCUT2D eigenvalue weighted by Crippen LogP contribution is -2.14. The second-order valence-corrected chi connectivity index (χ2v) is 5.68. The first-order chi connectivity index (χ1) is 9.93. The van der Waals surface area contributed by atoms with Crippen molar-refractivity contribution in [2.45, 2.75) is 77.6 Å². The van der Waals surface area contributed by atoms with Gasteiger partial charge in [0.15, 0.2) is 0 Å². The summed E-state index contributed by atoms with van der Waals surface area (Å²) in [6.45, 7) is 1.49. The van der Waals surface area contributed by atoms with Crippen LogP contribution in [0.2, 0.25) is 0 Å². The maximum absolute atomic E-state index is 11.0. The predicted octanol–water partition coefficient (Wildman–Crippen LogP) is 3.65. The lowest BCUT2D eigenvalue weighted by molar-refractivity contribution is -0.142. The van der Waals surface area contributed by atoms with Gasteiger partial charge in [0, 0.05) is 12.8 Å². The molecule has 0 saturated carbocycles. The number of ketones is 1. The normalized spacial score (nSPS) is 12.0. The Balaban J connectivity index is 3.51. The van der Waals surface area contributed by atoms with Gasteiger partial charge in [-0.3, -0.25) is 9.59 Å². The molecule has 1 atom stereocenters. The van der Waals surface area contributed by atoms with E-state index in [4.69, 9.17) is 10.2 Å². The van der Waals surface area contributed by atoms with E-state index in [9.17, 15) is 14.4 Å². The van der Waals surface area contributed by atoms with Gasteiger partial charge in [-0.15, -0.1) is 0 Å². The molecule has 0 spiro atoms. The van der Waals surface area contributed by atoms with Crippen molar-refractivity contribution >= 4 is 17.7 Å². The summed E-state index contributed by atoms with van der Waals surface area (Å²) in [6.07, 6.45) is 8.42. The van der Waals surface area contributed by atoms with Crippen LogP contribution < -0.4 is 0 Å². The van der Waals surface area contributed by atoms with Crippen molar-refractivity contribution in [1.82, 2.24) is 0 Å². The molecule has 0 saturated heterocycles. The van der Waals surface area contributed by atoms with Gasteiger partial charge in [0.05, 0.1) is 5.92 Å². The SMILES string of the molecule is CC(=O)CCC(CCCCCCCCCC(=O)O)C(=O)O. The molecule has 0 bridgehead atoms. The second-order valence-electron chi connectivity index (χ2n) is 5.68. The van der Waals surface area contributed by atoms with Crippen LogP contribution in [0, 0.1) is 5.92 Å². The minimum Gasteiger partial charge on any atom is -0.481 e. The average molecular weight is 300 g/mol. The quantitative estimate of drug-likeness (QED) is 0.478. The lowest BCUT2D eigenvalue weighted by atomic mass is 9.95. The summed E-state index contributed by atoms with van der Waals surface area (Å²) >= 11 is 0. The molecule has 0 rings (SSSR count). The highest BCUT2D eigenvalue weighted by Crippen LogP contribution is 2.17. The molecule has 0 heterocycles. The zero-order chi connectivity index (χ0) is 16.1. The Morgan fingerprint density at radius 2 is 1.29 bits per heavy atom. The van der Waals surface area contributed by atoms with Crippen molar-refractivity contribution in [2.24, 2.45) is 5.92 Å². The summed E-state index contributed by atoms with van der Waals surface area (Å²) < 4.78 is 0. The fourth-order valence-electron chi connectivity index (χ4n) is 2.32. The van der Waals surface area contributed by atoms with E-state index < -0.39 is 17.9 Å². The van der Waals surface area contributed by atoms with Gasteiger partial charge in [-0.2, -0.15) is 0 Å². The Bertz CT molecular complexity index is 325. The number of hydrogen-bond acceptors (Lipinski definition) is 3. The van der Waals surface area contributed by atoms with Gasteiger partial charge in [-0.1, -0.05) is 38.5 Å². The summed E-state index contributed by atoms with van der Waals surface area (Å²) in [5.74, 6) is -1.89. The Kier molecular flexibility index (Phi) is 11.5. The first kappa shape index (κ1) is 19.6. The monoisotopic (exact) mass is 300 g/mol. The fourth-order valence-corrected chi connectivity index (χ4v) is 2.32. The van der Waals surface area contributed by atoms with Crippen LogP contribution in [0.5, 0.6) is 0 Å². The smallest absolute Gasteiger partial charge is 0.306 e. The fraction of sp³-hybridized carbons (Fsp3) is 0.812. The number of unbranched alkanes of at least 4 members (excludes halogenated alkanes) is 6. The Morgan fingerprint density at radius 1 is 0.762 bits per heavy atom. The van der Waals surface area contributed by atoms with Gasteiger partial charge in [-0.25, -0.2) is 0 Å². The Labute approximate surface area is 126 Å². The van der Waals surface area contributed by atoms with Crippen molar-refractivity contribution in [3.8, 4) is 0 Å². The van der Waals surface area contributed by atoms with E-state index in [1.54, 1.807) is 0 Å². The van der Waals surface area contributed by atoms with Crippen LogP contribution >= 0.6 is 0 Å². The van der Waals surface area contributed by atoms with Gasteiger partial charge >= 0.3 is 11.9 Å². The van der Waals surface area contributed by atoms with E-state index >= 15 is 0 Å². The standard InChI is InChI=1S/C16H28O5/c1-13(17)11-12-14(16(20)21)9-7-5-3-2-4-6-8-10-15(18)19/h14H,2-12H2,1H3,(H,18,19)(H,20,21). The van der Waals surface area contributed by atoms with Gasteiger partial charge in [0.2, 0.25) is 0 Å². The first-order valence-corrected chi connectivity index (χ1v) is 7.87. The number of hydrogen-bond donors (Lipinski definition) is 2. The number of aliphatic carboxylic acids is 2. The number of carbonyl (C=O) groups is 3. The van der Waals surface area contributed by atoms with Crippen LogP contribution in [-0.4, -0.2) is 27.9 Å². The lowest BCUT2D eigenvalue weighted by Gasteiger charge is -2.11. The molecular formula is C16H28O5. The topological polar surface area (TPSA) is 91.7 Å². The zero-order valence-corrected chi connectivity index (χ0v) is 13.0. The number of carbonyl (C=O) groups excluding carboxylic acids is 1. The molecule has 2 N–H and O–H groups in total. The maximum Gasteiger partial charge on any atom is 0.306 e. The second kappa shape index (κ2) is 12.4. The highest BCUT2D eigenvalue weighted by Gasteiger charge is 2.17. The molecule has 0 fully saturated rings. The summed E-state index contributed by atoms with van der Waals surface area (Å²) in [5, 5.41) is 17.6. The molecule has 0 radical (unpaired) electrons. The van der Waals surface area contributed by atoms with Gasteiger partial charge in [0.25, 0.3) is 0 Å². The Morgan fingerprint density at radius 3 is 1.76 bits per heavy atom. The summed E-state index contributed by atoms with van der Waals surface area (Å²) in [6, 6.07) is 0. The van der Waals surface area contributed by atoms with E-state index in [-0.39, 0.29) is 12.2 Å². The van der Waals surface area contributed by atoms with E-state index in [1.165, 1.54) is 6.92 Å². The third-order valence-corrected chi connectivity index (χ3v) is 3.64. The molecule has 0 aliphatic heterocycles. The molecule has 0 aromatic heterocycles. The number of rotatable bonds is 14. The third kappa shape index (κ3) is 13.4. The highest BCUT2D eigenvalue weighted by atomic mass is 16.4. The summed E-state index contributed by atoms with van der Waals surface area (Å²) in [7, 11) is 0. The van der Waals surface area contributed by atoms with Crippen LogP contribution in [0.4, 0.5) is 0 Å². The minimum atomic E-state index is -0.801. The molecule has 122 valence electrons. The number of Topliss-reactive ketones (excluding diaryl/α,β-unsaturated/α-hetero) is 1. The number of carboxylic acid groups (broad SMARTS) is 2. The van der Waals surface area contributed by atoms with Gasteiger partial charge in [-0.05, 0) is 26.2 Å². The van der Waals surface area contributed by atoms with Gasteiger partial charge in [0.1, 0.15) is 5.78 Å². The van der Waals surface area contributed by atoms with Crippen LogP contribution in [0.15, 0.2) is 0 Å². The maximum atomic E-state index is 11.0. The number of carboxylic acids is 2. The van der Waals surface area contributed by atoms with Crippen LogP contribution in [-0.2, 0) is 14.4 Å². The Hall–Kier alpha value is -1.39. The van der Waals surface area contributed by atoms with Crippen molar-refractivity contribution in [1.29, 1.82) is 0 Å². The molecule has 0 aliphatic rings. The van der Waals surface area contributed by atoms with Crippen molar-refractivity contribution in [3.63, 3.8) is 0 Å². The van der Waals surface area contributed by atoms with Crippen molar-refractivity contribution in [2.75, 3.05) is 0 Å². The van der Waals surface area contributed by atoms with E-state index in [2.05, 4.69) is 0 Å². The van der Waals surface area contributed by atoms with Crippen molar-refractivity contribution in [3.05, 3.63) is 0 Å². The van der Waals surface area contributed by atoms with Gasteiger partial charge < -0.3 is 15.0 Å². The summed E-state index contributed by atoms with van der Waals surface area (Å²) in [5.41, 5.74) is 0. The molecule has 5 nitrogen and oxygen atoms in total. The zero-order valence-electron chi connectivity index (χ0n) is 13.0. The molecule has 0 aromatic carbocycles. The van der Waals surface area contributed by atoms with Crippen LogP contribution in [0.1, 0.15) is 77.6 Å². The molecule has 0 amide bonds. The largest absolute Gasteiger partial charge is 0.481 e. The van der Waals surface area contributed by atoms with Crippen LogP contribution in [0.25, 0.3) is 0 Å². The van der Waals surface area contributed by atoms with Crippen LogP contribution in [0.3, 0.4) is 0 Å². The first-order valence-electron chi connectivity index (χ1n) is 7.87. The molecule has 1 unspecified atom stereocenters. The predicted molar refractivity (Wildman–Crippen MR) is 80.2 cm³/mol. The molecule has 0 aliphatic carbocycles. The van der Waals surface area contributed by atoms with E-state index in [1.807, 2.05) is 0 Å². The highest BCUT2D eigenvalue weighted by molar-refractivity contribution is 5.76. The summed E-state index contributed by atoms with van der Waals surface area (Å²) in [4.78, 5) is 32.2. The molecular weight excluding hydrogens is 272 g/mol. The molecule has 21 heavy (non-hydrogen) atoms. The molecule has 0 aromatic rings. The third-order valence-electron chi connectivity index (χ3n) is 3.64. The minimum absolute atomic E-state index is 0.0441. The van der Waals surface area contributed by atoms with E-state index in [0.29, 0.717) is 19.3 Å². The average Bonchev–Trinajstić information content (AvgIpc) is 2.39. The van der Waals surface area contributed by atoms with Crippen molar-refractivity contribution < 1.29 is 24.6 Å². The molecule has 5 heteroatoms. The van der Waals surface area contributed by atoms with E-state index in [0.717, 1.165) is 44.9 Å².